The lowest BCUT2D eigenvalue weighted by atomic mass is 9.65. The van der Waals surface area contributed by atoms with Crippen molar-refractivity contribution < 1.29 is 4.42 Å². The van der Waals surface area contributed by atoms with Gasteiger partial charge in [-0.05, 0) is 138 Å². The zero-order valence-electron chi connectivity index (χ0n) is 33.2. The van der Waals surface area contributed by atoms with Crippen molar-refractivity contribution in [3.8, 4) is 44.5 Å². The van der Waals surface area contributed by atoms with Crippen molar-refractivity contribution in [2.45, 2.75) is 5.41 Å². The highest BCUT2D eigenvalue weighted by Gasteiger charge is 2.50. The van der Waals surface area contributed by atoms with Gasteiger partial charge in [-0.15, -0.1) is 0 Å². The molecule has 2 heteroatoms. The fourth-order valence-corrected chi connectivity index (χ4v) is 10.6. The van der Waals surface area contributed by atoms with Gasteiger partial charge in [0.2, 0.25) is 0 Å². The number of nitrogens with zero attached hydrogens (tertiary/aromatic N) is 1. The lowest BCUT2D eigenvalue weighted by molar-refractivity contribution is 0.669. The van der Waals surface area contributed by atoms with Crippen LogP contribution in [0.4, 0.5) is 17.1 Å². The predicted octanol–water partition coefficient (Wildman–Crippen LogP) is 15.9. The summed E-state index contributed by atoms with van der Waals surface area (Å²) in [5.74, 6) is 0. The molecule has 0 aliphatic heterocycles. The summed E-state index contributed by atoms with van der Waals surface area (Å²) in [6, 6.07) is 82.8. The second-order valence-electron chi connectivity index (χ2n) is 16.4. The van der Waals surface area contributed by atoms with Crippen LogP contribution in [0.25, 0.3) is 77.2 Å². The SMILES string of the molecule is c1ccc(-c2ccc(N(c3ccc4c(c3)C3(c5ccccc5-c5ccccc5-4)c4ccccc4-c4cc5ccccc5cc43)c3ccc4oc5ccccc5c4c3)cc2)cc1. The number of para-hydroxylation sites is 1. The Morgan fingerprint density at radius 2 is 0.803 bits per heavy atom. The third kappa shape index (κ3) is 4.91. The summed E-state index contributed by atoms with van der Waals surface area (Å²) in [6.45, 7) is 0. The van der Waals surface area contributed by atoms with E-state index in [0.717, 1.165) is 39.0 Å². The molecule has 13 rings (SSSR count). The number of rotatable bonds is 4. The Labute approximate surface area is 354 Å². The maximum atomic E-state index is 6.36. The molecule has 1 atom stereocenters. The van der Waals surface area contributed by atoms with Crippen LogP contribution in [-0.2, 0) is 5.41 Å². The summed E-state index contributed by atoms with van der Waals surface area (Å²) >= 11 is 0. The number of benzene rings is 10. The van der Waals surface area contributed by atoms with Crippen molar-refractivity contribution in [1.82, 2.24) is 0 Å². The van der Waals surface area contributed by atoms with Crippen LogP contribution in [0.3, 0.4) is 0 Å². The van der Waals surface area contributed by atoms with Crippen molar-refractivity contribution in [3.63, 3.8) is 0 Å². The Hall–Kier alpha value is -7.94. The molecule has 1 heterocycles. The smallest absolute Gasteiger partial charge is 0.135 e. The Morgan fingerprint density at radius 1 is 0.295 bits per heavy atom. The van der Waals surface area contributed by atoms with E-state index in [9.17, 15) is 0 Å². The van der Waals surface area contributed by atoms with E-state index in [2.05, 4.69) is 223 Å². The zero-order valence-corrected chi connectivity index (χ0v) is 33.2. The lowest BCUT2D eigenvalue weighted by Crippen LogP contribution is -2.29. The molecule has 1 spiro atoms. The second kappa shape index (κ2) is 13.0. The lowest BCUT2D eigenvalue weighted by Gasteiger charge is -2.36. The Bertz CT molecular complexity index is 3540. The maximum absolute atomic E-state index is 6.36. The molecule has 0 saturated carbocycles. The first-order valence-electron chi connectivity index (χ1n) is 21.1. The van der Waals surface area contributed by atoms with Crippen LogP contribution in [0.1, 0.15) is 22.3 Å². The summed E-state index contributed by atoms with van der Waals surface area (Å²) < 4.78 is 6.36. The number of anilines is 3. The number of hydrogen-bond donors (Lipinski definition) is 0. The first-order valence-corrected chi connectivity index (χ1v) is 21.1. The van der Waals surface area contributed by atoms with Gasteiger partial charge >= 0.3 is 0 Å². The quantitative estimate of drug-likeness (QED) is 0.177. The molecule has 0 amide bonds. The van der Waals surface area contributed by atoms with Crippen LogP contribution in [0.2, 0.25) is 0 Å². The summed E-state index contributed by atoms with van der Waals surface area (Å²) in [6.07, 6.45) is 0. The molecule has 2 aliphatic rings. The van der Waals surface area contributed by atoms with Gasteiger partial charge in [0.25, 0.3) is 0 Å². The van der Waals surface area contributed by atoms with E-state index < -0.39 is 5.41 Å². The van der Waals surface area contributed by atoms with Gasteiger partial charge in [-0.25, -0.2) is 0 Å². The molecule has 1 unspecified atom stereocenters. The molecule has 0 saturated heterocycles. The Kier molecular flexibility index (Phi) is 7.26. The monoisotopic (exact) mass is 775 g/mol. The van der Waals surface area contributed by atoms with Crippen LogP contribution < -0.4 is 4.90 Å². The van der Waals surface area contributed by atoms with Gasteiger partial charge in [-0.2, -0.15) is 0 Å². The number of fused-ring (bicyclic) bond motifs is 16. The molecule has 61 heavy (non-hydrogen) atoms. The highest BCUT2D eigenvalue weighted by atomic mass is 16.3. The minimum absolute atomic E-state index is 0.621. The van der Waals surface area contributed by atoms with E-state index in [1.807, 2.05) is 6.07 Å². The van der Waals surface area contributed by atoms with Crippen LogP contribution in [0.5, 0.6) is 0 Å². The van der Waals surface area contributed by atoms with Gasteiger partial charge < -0.3 is 9.32 Å². The molecular weight excluding hydrogens is 739 g/mol. The number of hydrogen-bond acceptors (Lipinski definition) is 2. The van der Waals surface area contributed by atoms with E-state index in [-0.39, 0.29) is 0 Å². The fourth-order valence-electron chi connectivity index (χ4n) is 10.6. The molecule has 284 valence electrons. The van der Waals surface area contributed by atoms with E-state index >= 15 is 0 Å². The normalized spacial score (nSPS) is 14.6. The van der Waals surface area contributed by atoms with E-state index in [1.165, 1.54) is 77.5 Å². The summed E-state index contributed by atoms with van der Waals surface area (Å²) in [4.78, 5) is 2.43. The third-order valence-corrected chi connectivity index (χ3v) is 13.3. The topological polar surface area (TPSA) is 16.4 Å². The molecule has 0 bridgehead atoms. The van der Waals surface area contributed by atoms with E-state index in [0.29, 0.717) is 0 Å². The predicted molar refractivity (Wildman–Crippen MR) is 253 cm³/mol. The number of furan rings is 1. The second-order valence-corrected chi connectivity index (χ2v) is 16.4. The van der Waals surface area contributed by atoms with Crippen LogP contribution in [0, 0.1) is 0 Å². The highest BCUT2D eigenvalue weighted by molar-refractivity contribution is 6.07. The highest BCUT2D eigenvalue weighted by Crippen LogP contribution is 2.62. The molecule has 10 aromatic carbocycles. The largest absolute Gasteiger partial charge is 0.456 e. The summed E-state index contributed by atoms with van der Waals surface area (Å²) in [5.41, 5.74) is 19.5. The van der Waals surface area contributed by atoms with Crippen molar-refractivity contribution in [3.05, 3.63) is 247 Å². The average Bonchev–Trinajstić information content (AvgIpc) is 3.81. The van der Waals surface area contributed by atoms with Gasteiger partial charge in [0, 0.05) is 27.8 Å². The first kappa shape index (κ1) is 34.0. The van der Waals surface area contributed by atoms with Gasteiger partial charge in [-0.1, -0.05) is 164 Å². The standard InChI is InChI=1S/C59H37NO/c1-2-14-38(15-3-1)39-26-28-42(29-27-39)60(43-31-33-58-52(36-43)50-22-10-13-25-57(50)61-58)44-30-32-49-46-19-7-6-18-45(46)47-20-8-11-23-53(47)59(56(49)37-44)54-24-12-9-21-48(54)51-34-40-16-4-5-17-41(40)35-55(51)59/h1-37H. The average molecular weight is 776 g/mol. The van der Waals surface area contributed by atoms with Gasteiger partial charge in [0.15, 0.2) is 0 Å². The van der Waals surface area contributed by atoms with Crippen molar-refractivity contribution >= 4 is 49.8 Å². The van der Waals surface area contributed by atoms with Gasteiger partial charge in [-0.3, -0.25) is 0 Å². The minimum Gasteiger partial charge on any atom is -0.456 e. The molecule has 0 fully saturated rings. The fraction of sp³-hybridized carbons (Fsp3) is 0.0169. The first-order chi connectivity index (χ1) is 30.2. The van der Waals surface area contributed by atoms with Crippen LogP contribution >= 0.6 is 0 Å². The van der Waals surface area contributed by atoms with E-state index in [1.54, 1.807) is 0 Å². The minimum atomic E-state index is -0.621. The molecule has 2 aliphatic carbocycles. The van der Waals surface area contributed by atoms with Gasteiger partial charge in [0.05, 0.1) is 5.41 Å². The summed E-state index contributed by atoms with van der Waals surface area (Å²) in [7, 11) is 0. The molecule has 2 nitrogen and oxygen atoms in total. The zero-order chi connectivity index (χ0) is 40.1. The molecular formula is C59H37NO. The van der Waals surface area contributed by atoms with Gasteiger partial charge in [0.1, 0.15) is 11.2 Å². The van der Waals surface area contributed by atoms with Crippen molar-refractivity contribution in [1.29, 1.82) is 0 Å². The maximum Gasteiger partial charge on any atom is 0.135 e. The van der Waals surface area contributed by atoms with Crippen LogP contribution in [0.15, 0.2) is 229 Å². The van der Waals surface area contributed by atoms with Crippen molar-refractivity contribution in [2.24, 2.45) is 0 Å². The molecule has 0 radical (unpaired) electrons. The van der Waals surface area contributed by atoms with E-state index in [4.69, 9.17) is 4.42 Å². The summed E-state index contributed by atoms with van der Waals surface area (Å²) in [5, 5.41) is 4.70. The molecule has 11 aromatic rings. The molecule has 1 aromatic heterocycles. The van der Waals surface area contributed by atoms with Crippen LogP contribution in [-0.4, -0.2) is 0 Å². The Morgan fingerprint density at radius 3 is 1.56 bits per heavy atom. The molecule has 0 N–H and O–H groups in total. The Balaban J connectivity index is 1.13. The van der Waals surface area contributed by atoms with Crippen molar-refractivity contribution in [2.75, 3.05) is 4.90 Å². The third-order valence-electron chi connectivity index (χ3n) is 13.3.